The maximum Gasteiger partial charge on any atom is 0.151 e. The second kappa shape index (κ2) is 2.57. The summed E-state index contributed by atoms with van der Waals surface area (Å²) in [5.41, 5.74) is 0. The Morgan fingerprint density at radius 1 is 1.00 bits per heavy atom. The third-order valence-electron chi connectivity index (χ3n) is 1.37. The topological polar surface area (TPSA) is 61.4 Å². The lowest BCUT2D eigenvalue weighted by molar-refractivity contribution is 0.629. The van der Waals surface area contributed by atoms with Crippen molar-refractivity contribution in [1.29, 1.82) is 0 Å². The van der Waals surface area contributed by atoms with Crippen molar-refractivity contribution in [3.05, 3.63) is 37.7 Å². The molecule has 0 amide bonds. The Morgan fingerprint density at radius 3 is 1.83 bits per heavy atom. The zero-order valence-electron chi connectivity index (χ0n) is 6.20. The average Bonchev–Trinajstić information content (AvgIpc) is 2.77. The number of rotatable bonds is 2. The molecule has 0 atom stereocenters. The highest BCUT2D eigenvalue weighted by molar-refractivity contribution is 4.84. The summed E-state index contributed by atoms with van der Waals surface area (Å²) in [5.74, 6) is 0.588. The SMILES string of the molecule is C=C(n1cncn1)n1cncn1. The van der Waals surface area contributed by atoms with Crippen molar-refractivity contribution < 1.29 is 0 Å². The standard InChI is InChI=1S/C6H6N6/c1-6(11-4-7-2-9-11)12-5-8-3-10-12/h2-5H,1H2. The molecule has 0 radical (unpaired) electrons. The Morgan fingerprint density at radius 2 is 1.50 bits per heavy atom. The predicted octanol–water partition coefficient (Wildman–Crippen LogP) is -0.337. The molecule has 0 saturated carbocycles. The summed E-state index contributed by atoms with van der Waals surface area (Å²) < 4.78 is 3.02. The van der Waals surface area contributed by atoms with E-state index in [0.29, 0.717) is 5.82 Å². The summed E-state index contributed by atoms with van der Waals surface area (Å²) in [6.07, 6.45) is 5.96. The maximum absolute atomic E-state index is 3.89. The van der Waals surface area contributed by atoms with Gasteiger partial charge in [0.2, 0.25) is 0 Å². The fraction of sp³-hybridized carbons (Fsp3) is 0. The van der Waals surface area contributed by atoms with Crippen LogP contribution in [-0.2, 0) is 0 Å². The van der Waals surface area contributed by atoms with Gasteiger partial charge in [-0.15, -0.1) is 0 Å². The van der Waals surface area contributed by atoms with Gasteiger partial charge in [0.1, 0.15) is 25.3 Å². The maximum atomic E-state index is 3.89. The van der Waals surface area contributed by atoms with Crippen LogP contribution >= 0.6 is 0 Å². The van der Waals surface area contributed by atoms with Crippen LogP contribution in [0.1, 0.15) is 0 Å². The van der Waals surface area contributed by atoms with E-state index < -0.39 is 0 Å². The highest BCUT2D eigenvalue weighted by Gasteiger charge is 1.99. The minimum absolute atomic E-state index is 0.588. The first-order chi connectivity index (χ1) is 5.88. The van der Waals surface area contributed by atoms with Gasteiger partial charge < -0.3 is 0 Å². The molecule has 0 spiro atoms. The van der Waals surface area contributed by atoms with E-state index >= 15 is 0 Å². The van der Waals surface area contributed by atoms with Crippen molar-refractivity contribution in [3.63, 3.8) is 0 Å². The van der Waals surface area contributed by atoms with E-state index in [0.717, 1.165) is 0 Å². The van der Waals surface area contributed by atoms with Crippen LogP contribution in [-0.4, -0.2) is 29.5 Å². The number of hydrogen-bond acceptors (Lipinski definition) is 4. The van der Waals surface area contributed by atoms with Gasteiger partial charge in [-0.3, -0.25) is 0 Å². The molecule has 12 heavy (non-hydrogen) atoms. The van der Waals surface area contributed by atoms with Crippen molar-refractivity contribution in [1.82, 2.24) is 29.5 Å². The van der Waals surface area contributed by atoms with Gasteiger partial charge in [0.05, 0.1) is 0 Å². The fourth-order valence-electron chi connectivity index (χ4n) is 0.788. The highest BCUT2D eigenvalue weighted by atomic mass is 15.5. The Labute approximate surface area is 68.2 Å². The molecule has 2 aromatic rings. The summed E-state index contributed by atoms with van der Waals surface area (Å²) in [6, 6.07) is 0. The second-order valence-electron chi connectivity index (χ2n) is 2.10. The van der Waals surface area contributed by atoms with Crippen LogP contribution in [0.5, 0.6) is 0 Å². The molecule has 0 aliphatic carbocycles. The quantitative estimate of drug-likeness (QED) is 0.606. The third kappa shape index (κ3) is 0.986. The molecule has 0 bridgehead atoms. The van der Waals surface area contributed by atoms with E-state index in [1.165, 1.54) is 22.0 Å². The molecular formula is C6H6N6. The van der Waals surface area contributed by atoms with Crippen LogP contribution < -0.4 is 0 Å². The Bertz CT molecular complexity index is 322. The van der Waals surface area contributed by atoms with Crippen LogP contribution in [0, 0.1) is 5.82 Å². The summed E-state index contributed by atoms with van der Waals surface area (Å²) in [7, 11) is 0. The zero-order valence-corrected chi connectivity index (χ0v) is 6.20. The highest BCUT2D eigenvalue weighted by Crippen LogP contribution is 1.92. The molecule has 0 aliphatic heterocycles. The lowest BCUT2D eigenvalue weighted by atomic mass is 10.8. The monoisotopic (exact) mass is 162 g/mol. The van der Waals surface area contributed by atoms with E-state index in [1.807, 2.05) is 0 Å². The summed E-state index contributed by atoms with van der Waals surface area (Å²) in [4.78, 5) is 7.57. The normalized spacial score (nSPS) is 10.0. The van der Waals surface area contributed by atoms with Crippen molar-refractivity contribution in [2.24, 2.45) is 0 Å². The summed E-state index contributed by atoms with van der Waals surface area (Å²) in [6.45, 7) is 3.76. The molecule has 2 aromatic heterocycles. The zero-order chi connectivity index (χ0) is 8.39. The first-order valence-electron chi connectivity index (χ1n) is 3.27. The molecule has 0 N–H and O–H groups in total. The van der Waals surface area contributed by atoms with Crippen molar-refractivity contribution in [2.75, 3.05) is 0 Å². The van der Waals surface area contributed by atoms with Crippen molar-refractivity contribution in [3.8, 4) is 0 Å². The Balaban J connectivity index is 2.34. The van der Waals surface area contributed by atoms with Gasteiger partial charge >= 0.3 is 0 Å². The van der Waals surface area contributed by atoms with E-state index in [9.17, 15) is 0 Å². The molecule has 6 nitrogen and oxygen atoms in total. The van der Waals surface area contributed by atoms with Gasteiger partial charge in [-0.2, -0.15) is 10.2 Å². The third-order valence-corrected chi connectivity index (χ3v) is 1.37. The van der Waals surface area contributed by atoms with Crippen molar-refractivity contribution >= 4 is 0 Å². The molecule has 60 valence electrons. The summed E-state index contributed by atoms with van der Waals surface area (Å²) in [5, 5.41) is 7.78. The molecule has 2 rings (SSSR count). The van der Waals surface area contributed by atoms with Crippen LogP contribution in [0.15, 0.2) is 31.9 Å². The van der Waals surface area contributed by atoms with Crippen molar-refractivity contribution in [2.45, 2.75) is 0 Å². The molecule has 0 aliphatic rings. The summed E-state index contributed by atoms with van der Waals surface area (Å²) >= 11 is 0. The van der Waals surface area contributed by atoms with E-state index in [4.69, 9.17) is 0 Å². The molecule has 0 aromatic carbocycles. The molecule has 0 saturated heterocycles. The van der Waals surface area contributed by atoms with E-state index in [1.54, 1.807) is 12.7 Å². The van der Waals surface area contributed by atoms with Gasteiger partial charge in [0.25, 0.3) is 0 Å². The van der Waals surface area contributed by atoms with E-state index in [-0.39, 0.29) is 0 Å². The van der Waals surface area contributed by atoms with Gasteiger partial charge in [0.15, 0.2) is 5.82 Å². The first-order valence-corrected chi connectivity index (χ1v) is 3.27. The van der Waals surface area contributed by atoms with Crippen LogP contribution in [0.4, 0.5) is 0 Å². The van der Waals surface area contributed by atoms with Crippen LogP contribution in [0.25, 0.3) is 0 Å². The molecule has 6 heteroatoms. The molecule has 0 fully saturated rings. The first kappa shape index (κ1) is 6.71. The average molecular weight is 162 g/mol. The van der Waals surface area contributed by atoms with Crippen LogP contribution in [0.2, 0.25) is 0 Å². The van der Waals surface area contributed by atoms with Gasteiger partial charge in [-0.25, -0.2) is 19.3 Å². The fourth-order valence-corrected chi connectivity index (χ4v) is 0.788. The number of nitrogens with zero attached hydrogens (tertiary/aromatic N) is 6. The van der Waals surface area contributed by atoms with E-state index in [2.05, 4.69) is 26.7 Å². The van der Waals surface area contributed by atoms with Gasteiger partial charge in [-0.05, 0) is 0 Å². The minimum atomic E-state index is 0.588. The lowest BCUT2D eigenvalue weighted by Gasteiger charge is -2.01. The lowest BCUT2D eigenvalue weighted by Crippen LogP contribution is -2.10. The minimum Gasteiger partial charge on any atom is -0.223 e. The largest absolute Gasteiger partial charge is 0.223 e. The number of aromatic nitrogens is 6. The molecular weight excluding hydrogens is 156 g/mol. The predicted molar refractivity (Wildman–Crippen MR) is 39.7 cm³/mol. The Hall–Kier alpha value is -1.98. The Kier molecular flexibility index (Phi) is 1.44. The van der Waals surface area contributed by atoms with Crippen LogP contribution in [0.3, 0.4) is 0 Å². The molecule has 0 unspecified atom stereocenters. The number of hydrogen-bond donors (Lipinski definition) is 0. The smallest absolute Gasteiger partial charge is 0.151 e. The molecule has 2 heterocycles. The second-order valence-corrected chi connectivity index (χ2v) is 2.10. The van der Waals surface area contributed by atoms with Gasteiger partial charge in [-0.1, -0.05) is 6.58 Å². The van der Waals surface area contributed by atoms with Gasteiger partial charge in [0, 0.05) is 0 Å².